The maximum atomic E-state index is 2.59. The maximum absolute atomic E-state index is 2.59. The molecule has 0 amide bonds. The first kappa shape index (κ1) is 24.6. The molecule has 5 unspecified atom stereocenters. The van der Waals surface area contributed by atoms with Crippen molar-refractivity contribution in [3.63, 3.8) is 0 Å². The van der Waals surface area contributed by atoms with Crippen molar-refractivity contribution in [1.29, 1.82) is 0 Å². The molecule has 0 aromatic heterocycles. The summed E-state index contributed by atoms with van der Waals surface area (Å²) in [5, 5.41) is 0. The van der Waals surface area contributed by atoms with E-state index >= 15 is 0 Å². The molecule has 3 fully saturated rings. The summed E-state index contributed by atoms with van der Waals surface area (Å²) in [5.41, 5.74) is 0. The van der Waals surface area contributed by atoms with E-state index in [2.05, 4.69) is 34.6 Å². The van der Waals surface area contributed by atoms with E-state index in [1.54, 1.807) is 25.7 Å². The normalized spacial score (nSPS) is 44.5. The molecule has 3 aliphatic carbocycles. The molecule has 3 rings (SSSR count). The summed E-state index contributed by atoms with van der Waals surface area (Å²) in [7, 11) is 0. The van der Waals surface area contributed by atoms with Crippen molar-refractivity contribution in [2.24, 2.45) is 53.3 Å². The first-order valence-electron chi connectivity index (χ1n) is 14.5. The molecule has 0 heteroatoms. The minimum Gasteiger partial charge on any atom is -0.0651 e. The second-order valence-corrected chi connectivity index (χ2v) is 12.6. The lowest BCUT2D eigenvalue weighted by molar-refractivity contribution is 0.0487. The lowest BCUT2D eigenvalue weighted by Gasteiger charge is -2.45. The second-order valence-electron chi connectivity index (χ2n) is 12.6. The number of rotatable bonds is 5. The van der Waals surface area contributed by atoms with Gasteiger partial charge in [0, 0.05) is 0 Å². The van der Waals surface area contributed by atoms with Gasteiger partial charge in [0.05, 0.1) is 0 Å². The van der Waals surface area contributed by atoms with Crippen molar-refractivity contribution < 1.29 is 0 Å². The Labute approximate surface area is 190 Å². The van der Waals surface area contributed by atoms with Crippen LogP contribution in [0.25, 0.3) is 0 Å². The highest BCUT2D eigenvalue weighted by Gasteiger charge is 2.37. The van der Waals surface area contributed by atoms with E-state index < -0.39 is 0 Å². The van der Waals surface area contributed by atoms with Gasteiger partial charge in [-0.15, -0.1) is 0 Å². The molecular weight excluding hydrogens is 360 g/mol. The van der Waals surface area contributed by atoms with E-state index in [0.29, 0.717) is 0 Å². The molecule has 176 valence electrons. The van der Waals surface area contributed by atoms with Crippen LogP contribution in [-0.4, -0.2) is 0 Å². The Kier molecular flexibility index (Phi) is 10.1. The van der Waals surface area contributed by atoms with Gasteiger partial charge in [0.25, 0.3) is 0 Å². The van der Waals surface area contributed by atoms with Crippen LogP contribution in [0.2, 0.25) is 0 Å². The van der Waals surface area contributed by atoms with Gasteiger partial charge in [-0.3, -0.25) is 0 Å². The summed E-state index contributed by atoms with van der Waals surface area (Å²) in [6, 6.07) is 0. The Balaban J connectivity index is 1.44. The monoisotopic (exact) mass is 416 g/mol. The Morgan fingerprint density at radius 1 is 0.500 bits per heavy atom. The van der Waals surface area contributed by atoms with Crippen molar-refractivity contribution in [3.05, 3.63) is 0 Å². The summed E-state index contributed by atoms with van der Waals surface area (Å²) >= 11 is 0. The fourth-order valence-corrected chi connectivity index (χ4v) is 7.96. The molecule has 0 bridgehead atoms. The van der Waals surface area contributed by atoms with Crippen LogP contribution in [0, 0.1) is 53.3 Å². The molecule has 3 saturated carbocycles. The molecule has 0 aliphatic heterocycles. The Hall–Kier alpha value is 0. The smallest absolute Gasteiger partial charge is 0.0380 e. The van der Waals surface area contributed by atoms with Gasteiger partial charge in [0.15, 0.2) is 0 Å². The van der Waals surface area contributed by atoms with Gasteiger partial charge >= 0.3 is 0 Å². The minimum absolute atomic E-state index is 0.928. The van der Waals surface area contributed by atoms with Gasteiger partial charge in [-0.05, 0) is 72.5 Å². The summed E-state index contributed by atoms with van der Waals surface area (Å²) in [6.45, 7) is 12.6. The molecule has 0 radical (unpaired) electrons. The summed E-state index contributed by atoms with van der Waals surface area (Å²) in [4.78, 5) is 0. The SMILES string of the molecule is CCC1CC(CC2CCCCC(CC3CCC(C)CC3)CCCC2)C(C)C(C)C1C. The standard InChI is InChI=1S/C30H56/c1-6-29-21-30(25(5)23(3)24(29)4)20-27-13-9-7-11-26(12-8-10-14-27)19-28-17-15-22(2)16-18-28/h22-30H,6-21H2,1-5H3. The molecule has 0 N–H and O–H groups in total. The largest absolute Gasteiger partial charge is 0.0651 e. The van der Waals surface area contributed by atoms with Crippen LogP contribution in [-0.2, 0) is 0 Å². The summed E-state index contributed by atoms with van der Waals surface area (Å²) in [6.07, 6.45) is 24.4. The molecule has 3 aliphatic rings. The molecule has 0 aromatic rings. The number of hydrogen-bond acceptors (Lipinski definition) is 0. The lowest BCUT2D eigenvalue weighted by Crippen LogP contribution is -2.37. The fourth-order valence-electron chi connectivity index (χ4n) is 7.96. The lowest BCUT2D eigenvalue weighted by atomic mass is 9.61. The van der Waals surface area contributed by atoms with Crippen LogP contribution < -0.4 is 0 Å². The highest BCUT2D eigenvalue weighted by Crippen LogP contribution is 2.46. The van der Waals surface area contributed by atoms with Gasteiger partial charge in [0.2, 0.25) is 0 Å². The second kappa shape index (κ2) is 12.3. The van der Waals surface area contributed by atoms with E-state index in [9.17, 15) is 0 Å². The third-order valence-corrected chi connectivity index (χ3v) is 10.7. The summed E-state index contributed by atoms with van der Waals surface area (Å²) in [5.74, 6) is 8.99. The predicted molar refractivity (Wildman–Crippen MR) is 134 cm³/mol. The topological polar surface area (TPSA) is 0 Å². The van der Waals surface area contributed by atoms with Crippen LogP contribution in [0.1, 0.15) is 137 Å². The van der Waals surface area contributed by atoms with E-state index in [-0.39, 0.29) is 0 Å². The average molecular weight is 417 g/mol. The van der Waals surface area contributed by atoms with Gasteiger partial charge < -0.3 is 0 Å². The van der Waals surface area contributed by atoms with Crippen molar-refractivity contribution >= 4 is 0 Å². The van der Waals surface area contributed by atoms with E-state index in [1.807, 2.05) is 0 Å². The van der Waals surface area contributed by atoms with Gasteiger partial charge in [-0.1, -0.05) is 118 Å². The summed E-state index contributed by atoms with van der Waals surface area (Å²) < 4.78 is 0. The van der Waals surface area contributed by atoms with Crippen LogP contribution in [0.5, 0.6) is 0 Å². The Morgan fingerprint density at radius 2 is 0.967 bits per heavy atom. The van der Waals surface area contributed by atoms with Crippen molar-refractivity contribution in [2.45, 2.75) is 137 Å². The molecule has 0 spiro atoms. The molecule has 0 saturated heterocycles. The third-order valence-electron chi connectivity index (χ3n) is 10.7. The fraction of sp³-hybridized carbons (Fsp3) is 1.00. The first-order valence-corrected chi connectivity index (χ1v) is 14.5. The van der Waals surface area contributed by atoms with Gasteiger partial charge in [0.1, 0.15) is 0 Å². The van der Waals surface area contributed by atoms with E-state index in [4.69, 9.17) is 0 Å². The third kappa shape index (κ3) is 7.00. The van der Waals surface area contributed by atoms with Crippen LogP contribution in [0.3, 0.4) is 0 Å². The molecule has 30 heavy (non-hydrogen) atoms. The maximum Gasteiger partial charge on any atom is -0.0380 e. The average Bonchev–Trinajstić information content (AvgIpc) is 2.75. The van der Waals surface area contributed by atoms with Crippen molar-refractivity contribution in [1.82, 2.24) is 0 Å². The van der Waals surface area contributed by atoms with Crippen molar-refractivity contribution in [3.8, 4) is 0 Å². The van der Waals surface area contributed by atoms with Crippen LogP contribution >= 0.6 is 0 Å². The molecule has 5 atom stereocenters. The first-order chi connectivity index (χ1) is 14.5. The molecule has 0 nitrogen and oxygen atoms in total. The van der Waals surface area contributed by atoms with E-state index in [0.717, 1.165) is 53.3 Å². The molecule has 0 aromatic carbocycles. The van der Waals surface area contributed by atoms with Crippen LogP contribution in [0.4, 0.5) is 0 Å². The van der Waals surface area contributed by atoms with Gasteiger partial charge in [-0.25, -0.2) is 0 Å². The Bertz CT molecular complexity index is 445. The number of hydrogen-bond donors (Lipinski definition) is 0. The zero-order valence-corrected chi connectivity index (χ0v) is 21.5. The zero-order valence-electron chi connectivity index (χ0n) is 21.5. The van der Waals surface area contributed by atoms with E-state index in [1.165, 1.54) is 77.0 Å². The minimum atomic E-state index is 0.928. The van der Waals surface area contributed by atoms with Crippen LogP contribution in [0.15, 0.2) is 0 Å². The molecular formula is C30H56. The van der Waals surface area contributed by atoms with Crippen molar-refractivity contribution in [2.75, 3.05) is 0 Å². The quantitative estimate of drug-likeness (QED) is 0.418. The predicted octanol–water partition coefficient (Wildman–Crippen LogP) is 9.91. The highest BCUT2D eigenvalue weighted by atomic mass is 14.4. The zero-order chi connectivity index (χ0) is 21.5. The Morgan fingerprint density at radius 3 is 1.50 bits per heavy atom. The highest BCUT2D eigenvalue weighted by molar-refractivity contribution is 4.87. The van der Waals surface area contributed by atoms with Gasteiger partial charge in [-0.2, -0.15) is 0 Å². The molecule has 0 heterocycles.